The van der Waals surface area contributed by atoms with E-state index in [2.05, 4.69) is 11.4 Å². The molecule has 2 aliphatic rings. The summed E-state index contributed by atoms with van der Waals surface area (Å²) in [5.41, 5.74) is 1.95. The number of hydrogen-bond donors (Lipinski definition) is 1. The van der Waals surface area contributed by atoms with Crippen LogP contribution in [-0.2, 0) is 0 Å². The Morgan fingerprint density at radius 2 is 1.80 bits per heavy atom. The van der Waals surface area contributed by atoms with Crippen molar-refractivity contribution in [3.8, 4) is 0 Å². The fraction of sp³-hybridized carbons (Fsp3) is 0.600. The van der Waals surface area contributed by atoms with Crippen molar-refractivity contribution in [2.24, 2.45) is 0 Å². The summed E-state index contributed by atoms with van der Waals surface area (Å²) >= 11 is 0. The van der Waals surface area contributed by atoms with Gasteiger partial charge in [0.2, 0.25) is 0 Å². The number of nitrogens with zero attached hydrogens (tertiary/aromatic N) is 2. The van der Waals surface area contributed by atoms with E-state index in [-0.39, 0.29) is 18.0 Å². The average molecular weight is 343 g/mol. The number of hydrogen-bond acceptors (Lipinski definition) is 2. The Bertz CT molecular complexity index is 623. The molecule has 1 aromatic rings. The van der Waals surface area contributed by atoms with Crippen LogP contribution < -0.4 is 5.32 Å². The van der Waals surface area contributed by atoms with Gasteiger partial charge in [-0.15, -0.1) is 0 Å². The van der Waals surface area contributed by atoms with Crippen LogP contribution in [0.4, 0.5) is 4.79 Å². The predicted molar refractivity (Wildman–Crippen MR) is 98.8 cm³/mol. The highest BCUT2D eigenvalue weighted by Gasteiger charge is 2.26. The fourth-order valence-electron chi connectivity index (χ4n) is 3.80. The van der Waals surface area contributed by atoms with Gasteiger partial charge in [-0.1, -0.05) is 12.1 Å². The van der Waals surface area contributed by atoms with E-state index in [1.165, 1.54) is 5.56 Å². The summed E-state index contributed by atoms with van der Waals surface area (Å²) in [7, 11) is 0. The Kier molecular flexibility index (Phi) is 5.61. The first-order chi connectivity index (χ1) is 12.0. The molecule has 0 aromatic heterocycles. The molecular weight excluding hydrogens is 314 g/mol. The van der Waals surface area contributed by atoms with E-state index >= 15 is 0 Å². The number of urea groups is 1. The van der Waals surface area contributed by atoms with Crippen LogP contribution in [0.2, 0.25) is 0 Å². The van der Waals surface area contributed by atoms with Gasteiger partial charge in [0, 0.05) is 43.7 Å². The quantitative estimate of drug-likeness (QED) is 0.916. The van der Waals surface area contributed by atoms with Gasteiger partial charge in [0.15, 0.2) is 0 Å². The number of piperidine rings is 1. The van der Waals surface area contributed by atoms with Gasteiger partial charge < -0.3 is 15.1 Å². The van der Waals surface area contributed by atoms with Crippen molar-refractivity contribution in [2.75, 3.05) is 26.2 Å². The average Bonchev–Trinajstić information content (AvgIpc) is 3.15. The third kappa shape index (κ3) is 4.33. The van der Waals surface area contributed by atoms with Gasteiger partial charge in [-0.05, 0) is 57.2 Å². The summed E-state index contributed by atoms with van der Waals surface area (Å²) in [5.74, 6) is 0.447. The van der Waals surface area contributed by atoms with E-state index in [0.29, 0.717) is 5.92 Å². The molecule has 1 unspecified atom stereocenters. The molecule has 1 atom stereocenters. The highest BCUT2D eigenvalue weighted by atomic mass is 16.2. The number of amides is 3. The highest BCUT2D eigenvalue weighted by molar-refractivity contribution is 5.94. The number of benzene rings is 1. The van der Waals surface area contributed by atoms with Gasteiger partial charge in [-0.2, -0.15) is 0 Å². The van der Waals surface area contributed by atoms with Gasteiger partial charge in [0.1, 0.15) is 0 Å². The molecule has 0 aliphatic carbocycles. The zero-order valence-electron chi connectivity index (χ0n) is 15.3. The van der Waals surface area contributed by atoms with Gasteiger partial charge in [0.05, 0.1) is 0 Å². The summed E-state index contributed by atoms with van der Waals surface area (Å²) in [4.78, 5) is 28.8. The van der Waals surface area contributed by atoms with Crippen LogP contribution in [-0.4, -0.2) is 54.0 Å². The van der Waals surface area contributed by atoms with Crippen LogP contribution in [0.3, 0.4) is 0 Å². The van der Waals surface area contributed by atoms with Crippen LogP contribution in [0.1, 0.15) is 61.4 Å². The van der Waals surface area contributed by atoms with Gasteiger partial charge in [0.25, 0.3) is 5.91 Å². The van der Waals surface area contributed by atoms with E-state index < -0.39 is 0 Å². The normalized spacial score (nSPS) is 20.8. The van der Waals surface area contributed by atoms with Crippen LogP contribution in [0.15, 0.2) is 24.3 Å². The molecule has 3 amide bonds. The Morgan fingerprint density at radius 1 is 1.08 bits per heavy atom. The van der Waals surface area contributed by atoms with Crippen molar-refractivity contribution in [1.82, 2.24) is 15.1 Å². The second-order valence-electron chi connectivity index (χ2n) is 7.51. The molecule has 0 spiro atoms. The van der Waals surface area contributed by atoms with Crippen LogP contribution in [0, 0.1) is 0 Å². The SMILES string of the molecule is CC(C)NC(=O)N1CCCC(c2cccc(C(=O)N3CCCC3)c2)C1. The molecule has 2 fully saturated rings. The van der Waals surface area contributed by atoms with Crippen molar-refractivity contribution in [2.45, 2.75) is 51.5 Å². The number of rotatable bonds is 3. The lowest BCUT2D eigenvalue weighted by Crippen LogP contribution is -2.47. The molecule has 2 heterocycles. The minimum Gasteiger partial charge on any atom is -0.339 e. The summed E-state index contributed by atoms with van der Waals surface area (Å²) in [6, 6.07) is 8.19. The number of likely N-dealkylation sites (tertiary alicyclic amines) is 2. The van der Waals surface area contributed by atoms with Crippen molar-refractivity contribution in [3.63, 3.8) is 0 Å². The van der Waals surface area contributed by atoms with Gasteiger partial charge >= 0.3 is 6.03 Å². The van der Waals surface area contributed by atoms with Crippen molar-refractivity contribution < 1.29 is 9.59 Å². The molecule has 2 aliphatic heterocycles. The molecule has 2 saturated heterocycles. The first-order valence-corrected chi connectivity index (χ1v) is 9.49. The maximum absolute atomic E-state index is 12.6. The standard InChI is InChI=1S/C20H29N3O2/c1-15(2)21-20(25)23-12-6-9-18(14-23)16-7-5-8-17(13-16)19(24)22-10-3-4-11-22/h5,7-8,13,15,18H,3-4,6,9-12,14H2,1-2H3,(H,21,25). The summed E-state index contributed by atoms with van der Waals surface area (Å²) in [6.45, 7) is 7.23. The zero-order chi connectivity index (χ0) is 17.8. The van der Waals surface area contributed by atoms with Crippen molar-refractivity contribution in [1.29, 1.82) is 0 Å². The topological polar surface area (TPSA) is 52.7 Å². The third-order valence-corrected chi connectivity index (χ3v) is 5.12. The largest absolute Gasteiger partial charge is 0.339 e. The number of carbonyl (C=O) groups is 2. The number of carbonyl (C=O) groups excluding carboxylic acids is 2. The van der Waals surface area contributed by atoms with E-state index in [1.807, 2.05) is 41.8 Å². The molecular formula is C20H29N3O2. The summed E-state index contributed by atoms with van der Waals surface area (Å²) in [6.07, 6.45) is 4.27. The predicted octanol–water partition coefficient (Wildman–Crippen LogP) is 3.22. The monoisotopic (exact) mass is 343 g/mol. The van der Waals surface area contributed by atoms with E-state index in [9.17, 15) is 9.59 Å². The minimum absolute atomic E-state index is 0.0176. The molecule has 3 rings (SSSR count). The fourth-order valence-corrected chi connectivity index (χ4v) is 3.80. The molecule has 1 N–H and O–H groups in total. The smallest absolute Gasteiger partial charge is 0.317 e. The zero-order valence-corrected chi connectivity index (χ0v) is 15.3. The van der Waals surface area contributed by atoms with E-state index in [1.54, 1.807) is 0 Å². The Balaban J connectivity index is 1.69. The van der Waals surface area contributed by atoms with E-state index in [0.717, 1.165) is 57.4 Å². The molecule has 0 radical (unpaired) electrons. The maximum Gasteiger partial charge on any atom is 0.317 e. The lowest BCUT2D eigenvalue weighted by Gasteiger charge is -2.33. The molecule has 0 saturated carbocycles. The molecule has 5 heteroatoms. The highest BCUT2D eigenvalue weighted by Crippen LogP contribution is 2.28. The lowest BCUT2D eigenvalue weighted by atomic mass is 9.89. The molecule has 0 bridgehead atoms. The third-order valence-electron chi connectivity index (χ3n) is 5.12. The summed E-state index contributed by atoms with van der Waals surface area (Å²) < 4.78 is 0. The molecule has 5 nitrogen and oxygen atoms in total. The Morgan fingerprint density at radius 3 is 2.52 bits per heavy atom. The van der Waals surface area contributed by atoms with Crippen molar-refractivity contribution in [3.05, 3.63) is 35.4 Å². The first kappa shape index (κ1) is 17.8. The van der Waals surface area contributed by atoms with Crippen LogP contribution in [0.25, 0.3) is 0 Å². The van der Waals surface area contributed by atoms with Gasteiger partial charge in [-0.25, -0.2) is 4.79 Å². The van der Waals surface area contributed by atoms with E-state index in [4.69, 9.17) is 0 Å². The van der Waals surface area contributed by atoms with Crippen LogP contribution in [0.5, 0.6) is 0 Å². The Hall–Kier alpha value is -2.04. The Labute approximate surface area is 150 Å². The maximum atomic E-state index is 12.6. The minimum atomic E-state index is 0.0176. The number of nitrogens with one attached hydrogen (secondary N) is 1. The molecule has 25 heavy (non-hydrogen) atoms. The lowest BCUT2D eigenvalue weighted by molar-refractivity contribution is 0.0792. The molecule has 1 aromatic carbocycles. The first-order valence-electron chi connectivity index (χ1n) is 9.49. The van der Waals surface area contributed by atoms with Crippen molar-refractivity contribution >= 4 is 11.9 Å². The molecule has 136 valence electrons. The second kappa shape index (κ2) is 7.89. The summed E-state index contributed by atoms with van der Waals surface area (Å²) in [5, 5.41) is 2.98. The van der Waals surface area contributed by atoms with Crippen LogP contribution >= 0.6 is 0 Å². The second-order valence-corrected chi connectivity index (χ2v) is 7.51. The van der Waals surface area contributed by atoms with Gasteiger partial charge in [-0.3, -0.25) is 4.79 Å².